The Labute approximate surface area is 125 Å². The van der Waals surface area contributed by atoms with Gasteiger partial charge in [0.15, 0.2) is 0 Å². The van der Waals surface area contributed by atoms with Crippen molar-refractivity contribution in [1.82, 2.24) is 9.97 Å². The van der Waals surface area contributed by atoms with Gasteiger partial charge < -0.3 is 4.74 Å². The van der Waals surface area contributed by atoms with Gasteiger partial charge in [0, 0.05) is 23.5 Å². The van der Waals surface area contributed by atoms with E-state index in [1.807, 2.05) is 0 Å². The van der Waals surface area contributed by atoms with Crippen molar-refractivity contribution < 1.29 is 9.53 Å². The molecule has 2 aromatic rings. The summed E-state index contributed by atoms with van der Waals surface area (Å²) in [5.41, 5.74) is 0.603. The first-order chi connectivity index (χ1) is 9.60. The predicted octanol–water partition coefficient (Wildman–Crippen LogP) is 2.97. The van der Waals surface area contributed by atoms with Gasteiger partial charge in [0.25, 0.3) is 0 Å². The van der Waals surface area contributed by atoms with E-state index in [1.165, 1.54) is 7.11 Å². The molecular formula is C13H11Cl2N3O2. The van der Waals surface area contributed by atoms with E-state index >= 15 is 0 Å². The summed E-state index contributed by atoms with van der Waals surface area (Å²) >= 11 is 12.1. The first-order valence-corrected chi connectivity index (χ1v) is 6.44. The van der Waals surface area contributed by atoms with Gasteiger partial charge in [-0.2, -0.15) is 0 Å². The summed E-state index contributed by atoms with van der Waals surface area (Å²) < 4.78 is 5.04. The van der Waals surface area contributed by atoms with Crippen LogP contribution in [0, 0.1) is 0 Å². The van der Waals surface area contributed by atoms with E-state index in [9.17, 15) is 4.79 Å². The molecule has 0 bridgehead atoms. The molecule has 1 amide bonds. The van der Waals surface area contributed by atoms with Crippen molar-refractivity contribution in [2.24, 2.45) is 0 Å². The van der Waals surface area contributed by atoms with Crippen LogP contribution in [0.4, 0.5) is 5.95 Å². The summed E-state index contributed by atoms with van der Waals surface area (Å²) in [5, 5.41) is 3.38. The molecule has 0 atom stereocenters. The molecule has 7 heteroatoms. The third kappa shape index (κ3) is 3.59. The van der Waals surface area contributed by atoms with E-state index in [-0.39, 0.29) is 18.3 Å². The van der Waals surface area contributed by atoms with E-state index in [0.29, 0.717) is 21.4 Å². The second-order valence-corrected chi connectivity index (χ2v) is 4.69. The monoisotopic (exact) mass is 311 g/mol. The number of rotatable bonds is 4. The van der Waals surface area contributed by atoms with Crippen molar-refractivity contribution >= 4 is 35.1 Å². The predicted molar refractivity (Wildman–Crippen MR) is 77.4 cm³/mol. The van der Waals surface area contributed by atoms with Crippen LogP contribution in [0.15, 0.2) is 30.6 Å². The van der Waals surface area contributed by atoms with Crippen molar-refractivity contribution in [2.75, 3.05) is 12.4 Å². The lowest BCUT2D eigenvalue weighted by atomic mass is 10.1. The first-order valence-electron chi connectivity index (χ1n) is 5.69. The third-order valence-corrected chi connectivity index (χ3v) is 3.14. The highest BCUT2D eigenvalue weighted by molar-refractivity contribution is 6.35. The standard InChI is InChI=1S/C13H11Cl2N3O2/c1-20-11-7-9(14)8(5-10(11)15)6-12(19)18-13-16-3-2-4-17-13/h2-5,7H,6H2,1H3,(H,16,17,18,19). The summed E-state index contributed by atoms with van der Waals surface area (Å²) in [4.78, 5) is 19.7. The Kier molecular flexibility index (Phi) is 4.76. The molecule has 1 aromatic heterocycles. The minimum absolute atomic E-state index is 0.0702. The van der Waals surface area contributed by atoms with E-state index in [4.69, 9.17) is 27.9 Å². The third-order valence-electron chi connectivity index (χ3n) is 2.49. The van der Waals surface area contributed by atoms with Crippen LogP contribution in [0.2, 0.25) is 10.0 Å². The highest BCUT2D eigenvalue weighted by atomic mass is 35.5. The number of amides is 1. The number of ether oxygens (including phenoxy) is 1. The van der Waals surface area contributed by atoms with Gasteiger partial charge >= 0.3 is 0 Å². The van der Waals surface area contributed by atoms with Crippen molar-refractivity contribution in [1.29, 1.82) is 0 Å². The molecule has 0 aliphatic heterocycles. The van der Waals surface area contributed by atoms with Gasteiger partial charge in [-0.15, -0.1) is 0 Å². The molecule has 1 N–H and O–H groups in total. The zero-order valence-corrected chi connectivity index (χ0v) is 12.1. The van der Waals surface area contributed by atoms with E-state index in [0.717, 1.165) is 0 Å². The first kappa shape index (κ1) is 14.6. The average Bonchev–Trinajstić information content (AvgIpc) is 2.43. The molecule has 0 saturated carbocycles. The fourth-order valence-corrected chi connectivity index (χ4v) is 2.05. The number of benzene rings is 1. The summed E-state index contributed by atoms with van der Waals surface area (Å²) in [7, 11) is 1.50. The normalized spacial score (nSPS) is 10.2. The Hall–Kier alpha value is -1.85. The smallest absolute Gasteiger partial charge is 0.231 e. The number of halogens is 2. The Balaban J connectivity index is 2.10. The molecule has 0 unspecified atom stereocenters. The summed E-state index contributed by atoms with van der Waals surface area (Å²) in [6.07, 6.45) is 3.15. The maximum Gasteiger partial charge on any atom is 0.231 e. The molecular weight excluding hydrogens is 301 g/mol. The van der Waals surface area contributed by atoms with Gasteiger partial charge in [-0.3, -0.25) is 10.1 Å². The number of aromatic nitrogens is 2. The van der Waals surface area contributed by atoms with E-state index in [2.05, 4.69) is 15.3 Å². The van der Waals surface area contributed by atoms with E-state index < -0.39 is 0 Å². The van der Waals surface area contributed by atoms with Crippen LogP contribution in [0.25, 0.3) is 0 Å². The quantitative estimate of drug-likeness (QED) is 0.942. The Morgan fingerprint density at radius 2 is 1.95 bits per heavy atom. The summed E-state index contributed by atoms with van der Waals surface area (Å²) in [6.45, 7) is 0. The fraction of sp³-hybridized carbons (Fsp3) is 0.154. The second-order valence-electron chi connectivity index (χ2n) is 3.88. The molecule has 5 nitrogen and oxygen atoms in total. The molecule has 0 saturated heterocycles. The van der Waals surface area contributed by atoms with Crippen LogP contribution >= 0.6 is 23.2 Å². The van der Waals surface area contributed by atoms with Gasteiger partial charge in [-0.25, -0.2) is 9.97 Å². The minimum Gasteiger partial charge on any atom is -0.495 e. The lowest BCUT2D eigenvalue weighted by Crippen LogP contribution is -2.16. The lowest BCUT2D eigenvalue weighted by molar-refractivity contribution is -0.115. The van der Waals surface area contributed by atoms with Crippen LogP contribution in [0.3, 0.4) is 0 Å². The molecule has 20 heavy (non-hydrogen) atoms. The minimum atomic E-state index is -0.278. The lowest BCUT2D eigenvalue weighted by Gasteiger charge is -2.09. The number of hydrogen-bond acceptors (Lipinski definition) is 4. The average molecular weight is 312 g/mol. The van der Waals surface area contributed by atoms with Crippen LogP contribution in [0.5, 0.6) is 5.75 Å². The maximum atomic E-state index is 11.9. The molecule has 1 heterocycles. The number of nitrogens with one attached hydrogen (secondary N) is 1. The molecule has 0 fully saturated rings. The van der Waals surface area contributed by atoms with Crippen molar-refractivity contribution in [3.8, 4) is 5.75 Å². The molecule has 0 spiro atoms. The summed E-state index contributed by atoms with van der Waals surface area (Å²) in [6, 6.07) is 4.84. The number of anilines is 1. The molecule has 2 rings (SSSR count). The van der Waals surface area contributed by atoms with Crippen molar-refractivity contribution in [3.05, 3.63) is 46.2 Å². The van der Waals surface area contributed by atoms with Gasteiger partial charge in [-0.05, 0) is 17.7 Å². The Morgan fingerprint density at radius 1 is 1.25 bits per heavy atom. The SMILES string of the molecule is COc1cc(Cl)c(CC(=O)Nc2ncccn2)cc1Cl. The molecule has 104 valence electrons. The van der Waals surface area contributed by atoms with Crippen LogP contribution in [-0.4, -0.2) is 23.0 Å². The van der Waals surface area contributed by atoms with Gasteiger partial charge in [0.1, 0.15) is 5.75 Å². The zero-order chi connectivity index (χ0) is 14.5. The second kappa shape index (κ2) is 6.54. The highest BCUT2D eigenvalue weighted by Gasteiger charge is 2.12. The number of nitrogens with zero attached hydrogens (tertiary/aromatic N) is 2. The number of carbonyl (C=O) groups excluding carboxylic acids is 1. The van der Waals surface area contributed by atoms with Crippen LogP contribution in [-0.2, 0) is 11.2 Å². The fourth-order valence-electron chi connectivity index (χ4n) is 1.57. The molecule has 0 aliphatic rings. The summed E-state index contributed by atoms with van der Waals surface area (Å²) in [5.74, 6) is 0.430. The highest BCUT2D eigenvalue weighted by Crippen LogP contribution is 2.31. The Morgan fingerprint density at radius 3 is 2.60 bits per heavy atom. The maximum absolute atomic E-state index is 11.9. The van der Waals surface area contributed by atoms with E-state index in [1.54, 1.807) is 30.6 Å². The number of hydrogen-bond donors (Lipinski definition) is 1. The van der Waals surface area contributed by atoms with Gasteiger partial charge in [0.2, 0.25) is 11.9 Å². The number of carbonyl (C=O) groups is 1. The number of methoxy groups -OCH3 is 1. The van der Waals surface area contributed by atoms with Crippen molar-refractivity contribution in [3.63, 3.8) is 0 Å². The van der Waals surface area contributed by atoms with Crippen LogP contribution in [0.1, 0.15) is 5.56 Å². The molecule has 0 radical (unpaired) electrons. The van der Waals surface area contributed by atoms with Gasteiger partial charge in [0.05, 0.1) is 18.6 Å². The molecule has 0 aliphatic carbocycles. The topological polar surface area (TPSA) is 64.1 Å². The largest absolute Gasteiger partial charge is 0.495 e. The Bertz CT molecular complexity index is 621. The zero-order valence-electron chi connectivity index (χ0n) is 10.6. The van der Waals surface area contributed by atoms with Gasteiger partial charge in [-0.1, -0.05) is 23.2 Å². The molecule has 1 aromatic carbocycles. The van der Waals surface area contributed by atoms with Crippen LogP contribution < -0.4 is 10.1 Å². The van der Waals surface area contributed by atoms with Crippen molar-refractivity contribution in [2.45, 2.75) is 6.42 Å².